The molecule has 0 spiro atoms. The molecule has 1 aliphatic heterocycles. The molecule has 2 aromatic rings. The molecule has 2 atom stereocenters. The van der Waals surface area contributed by atoms with E-state index in [-0.39, 0.29) is 13.2 Å². The van der Waals surface area contributed by atoms with E-state index >= 15 is 0 Å². The second kappa shape index (κ2) is 8.30. The molecule has 3 rings (SSSR count). The first-order valence-electron chi connectivity index (χ1n) is 8.03. The Bertz CT molecular complexity index is 704. The van der Waals surface area contributed by atoms with Gasteiger partial charge in [-0.3, -0.25) is 0 Å². The second-order valence-electron chi connectivity index (χ2n) is 5.66. The maximum atomic E-state index is 12.3. The van der Waals surface area contributed by atoms with Crippen molar-refractivity contribution < 1.29 is 23.8 Å². The van der Waals surface area contributed by atoms with E-state index in [2.05, 4.69) is 5.32 Å². The van der Waals surface area contributed by atoms with Gasteiger partial charge in [-0.25, -0.2) is 9.59 Å². The fourth-order valence-corrected chi connectivity index (χ4v) is 2.48. The molecule has 1 amide bonds. The molecule has 1 N–H and O–H groups in total. The molecule has 0 bridgehead atoms. The molecule has 130 valence electrons. The minimum Gasteiger partial charge on any atom is -0.454 e. The predicted octanol–water partition coefficient (Wildman–Crippen LogP) is 2.54. The summed E-state index contributed by atoms with van der Waals surface area (Å²) < 4.78 is 16.1. The van der Waals surface area contributed by atoms with Crippen molar-refractivity contribution in [3.05, 3.63) is 71.8 Å². The van der Waals surface area contributed by atoms with Crippen LogP contribution in [0.4, 0.5) is 4.79 Å². The molecule has 1 aliphatic rings. The summed E-state index contributed by atoms with van der Waals surface area (Å²) >= 11 is 0. The van der Waals surface area contributed by atoms with Crippen LogP contribution in [0.5, 0.6) is 0 Å². The third kappa shape index (κ3) is 4.81. The van der Waals surface area contributed by atoms with Gasteiger partial charge in [0.25, 0.3) is 0 Å². The number of carbonyl (C=O) groups is 2. The molecule has 0 aliphatic carbocycles. The lowest BCUT2D eigenvalue weighted by Gasteiger charge is -2.22. The largest absolute Gasteiger partial charge is 0.454 e. The van der Waals surface area contributed by atoms with Crippen LogP contribution in [0.3, 0.4) is 0 Å². The monoisotopic (exact) mass is 341 g/mol. The van der Waals surface area contributed by atoms with Crippen LogP contribution in [-0.4, -0.2) is 37.4 Å². The highest BCUT2D eigenvalue weighted by atomic mass is 16.6. The molecule has 1 fully saturated rings. The van der Waals surface area contributed by atoms with Crippen molar-refractivity contribution in [2.24, 2.45) is 0 Å². The predicted molar refractivity (Wildman–Crippen MR) is 90.0 cm³/mol. The van der Waals surface area contributed by atoms with Crippen LogP contribution in [0.15, 0.2) is 60.7 Å². The van der Waals surface area contributed by atoms with Crippen LogP contribution in [0.1, 0.15) is 15.9 Å². The van der Waals surface area contributed by atoms with E-state index in [4.69, 9.17) is 14.2 Å². The van der Waals surface area contributed by atoms with Crippen molar-refractivity contribution in [1.82, 2.24) is 5.32 Å². The Kier molecular flexibility index (Phi) is 5.64. The van der Waals surface area contributed by atoms with E-state index in [0.717, 1.165) is 5.56 Å². The van der Waals surface area contributed by atoms with Gasteiger partial charge >= 0.3 is 12.1 Å². The van der Waals surface area contributed by atoms with Gasteiger partial charge < -0.3 is 19.5 Å². The lowest BCUT2D eigenvalue weighted by Crippen LogP contribution is -2.43. The van der Waals surface area contributed by atoms with Gasteiger partial charge in [0.1, 0.15) is 18.8 Å². The van der Waals surface area contributed by atoms with Gasteiger partial charge in [0.15, 0.2) is 0 Å². The van der Waals surface area contributed by atoms with Gasteiger partial charge in [-0.05, 0) is 17.7 Å². The lowest BCUT2D eigenvalue weighted by atomic mass is 10.1. The van der Waals surface area contributed by atoms with Gasteiger partial charge in [0.05, 0.1) is 18.8 Å². The third-order valence-corrected chi connectivity index (χ3v) is 3.81. The molecule has 0 saturated carbocycles. The maximum Gasteiger partial charge on any atom is 0.407 e. The Balaban J connectivity index is 1.61. The molecular weight excluding hydrogens is 322 g/mol. The maximum absolute atomic E-state index is 12.3. The van der Waals surface area contributed by atoms with E-state index in [1.165, 1.54) is 0 Å². The van der Waals surface area contributed by atoms with Gasteiger partial charge in [-0.15, -0.1) is 0 Å². The SMILES string of the molecule is O=C1NC([C@@H](COCc2ccccc2)OC(=O)c2ccccc2)CO1. The quantitative estimate of drug-likeness (QED) is 0.784. The van der Waals surface area contributed by atoms with E-state index in [0.29, 0.717) is 12.2 Å². The summed E-state index contributed by atoms with van der Waals surface area (Å²) in [7, 11) is 0. The summed E-state index contributed by atoms with van der Waals surface area (Å²) in [6, 6.07) is 17.9. The Morgan fingerprint density at radius 3 is 2.44 bits per heavy atom. The zero-order chi connectivity index (χ0) is 17.5. The molecule has 6 heteroatoms. The van der Waals surface area contributed by atoms with Gasteiger partial charge in [-0.1, -0.05) is 48.5 Å². The number of alkyl carbamates (subject to hydrolysis) is 1. The number of rotatable bonds is 7. The molecule has 1 saturated heterocycles. The molecule has 1 unspecified atom stereocenters. The summed E-state index contributed by atoms with van der Waals surface area (Å²) in [5.41, 5.74) is 1.46. The molecular formula is C19H19NO5. The molecule has 6 nitrogen and oxygen atoms in total. The number of cyclic esters (lactones) is 1. The Labute approximate surface area is 145 Å². The molecule has 2 aromatic carbocycles. The highest BCUT2D eigenvalue weighted by Gasteiger charge is 2.33. The molecule has 1 heterocycles. The summed E-state index contributed by atoms with van der Waals surface area (Å²) in [5.74, 6) is -0.463. The number of carbonyl (C=O) groups excluding carboxylic acids is 2. The summed E-state index contributed by atoms with van der Waals surface area (Å²) in [6.07, 6.45) is -1.16. The van der Waals surface area contributed by atoms with Crippen molar-refractivity contribution in [1.29, 1.82) is 0 Å². The van der Waals surface area contributed by atoms with Gasteiger partial charge in [0.2, 0.25) is 0 Å². The van der Waals surface area contributed by atoms with Crippen LogP contribution in [0.2, 0.25) is 0 Å². The van der Waals surface area contributed by atoms with Crippen LogP contribution in [-0.2, 0) is 20.8 Å². The van der Waals surface area contributed by atoms with Crippen molar-refractivity contribution in [3.63, 3.8) is 0 Å². The first-order chi connectivity index (χ1) is 12.2. The normalized spacial score (nSPS) is 17.4. The van der Waals surface area contributed by atoms with Crippen LogP contribution in [0, 0.1) is 0 Å². The fourth-order valence-electron chi connectivity index (χ4n) is 2.48. The second-order valence-corrected chi connectivity index (χ2v) is 5.66. The highest BCUT2D eigenvalue weighted by molar-refractivity contribution is 5.89. The number of nitrogens with one attached hydrogen (secondary N) is 1. The average molecular weight is 341 g/mol. The smallest absolute Gasteiger partial charge is 0.407 e. The molecule has 25 heavy (non-hydrogen) atoms. The summed E-state index contributed by atoms with van der Waals surface area (Å²) in [5, 5.41) is 2.64. The summed E-state index contributed by atoms with van der Waals surface area (Å²) in [6.45, 7) is 0.684. The van der Waals surface area contributed by atoms with E-state index in [1.807, 2.05) is 36.4 Å². The van der Waals surface area contributed by atoms with Crippen molar-refractivity contribution >= 4 is 12.1 Å². The van der Waals surface area contributed by atoms with Crippen LogP contribution < -0.4 is 5.32 Å². The number of amides is 1. The van der Waals surface area contributed by atoms with E-state index in [9.17, 15) is 9.59 Å². The van der Waals surface area contributed by atoms with E-state index < -0.39 is 24.2 Å². The number of hydrogen-bond donors (Lipinski definition) is 1. The number of benzene rings is 2. The number of esters is 1. The van der Waals surface area contributed by atoms with E-state index in [1.54, 1.807) is 24.3 Å². The molecule has 0 radical (unpaired) electrons. The Hall–Kier alpha value is -2.86. The van der Waals surface area contributed by atoms with Crippen LogP contribution >= 0.6 is 0 Å². The van der Waals surface area contributed by atoms with Crippen molar-refractivity contribution in [2.75, 3.05) is 13.2 Å². The fraction of sp³-hybridized carbons (Fsp3) is 0.263. The van der Waals surface area contributed by atoms with Crippen molar-refractivity contribution in [3.8, 4) is 0 Å². The zero-order valence-electron chi connectivity index (χ0n) is 13.6. The zero-order valence-corrected chi connectivity index (χ0v) is 13.6. The van der Waals surface area contributed by atoms with Crippen molar-refractivity contribution in [2.45, 2.75) is 18.8 Å². The summed E-state index contributed by atoms with van der Waals surface area (Å²) in [4.78, 5) is 23.6. The van der Waals surface area contributed by atoms with Gasteiger partial charge in [-0.2, -0.15) is 0 Å². The third-order valence-electron chi connectivity index (χ3n) is 3.81. The van der Waals surface area contributed by atoms with Gasteiger partial charge in [0, 0.05) is 0 Å². The standard InChI is InChI=1S/C19H19NO5/c21-18(15-9-5-2-6-10-15)25-17(16-12-24-19(22)20-16)13-23-11-14-7-3-1-4-8-14/h1-10,16-17H,11-13H2,(H,20,22)/t16?,17-/m1/s1. The number of ether oxygens (including phenoxy) is 3. The minimum absolute atomic E-state index is 0.139. The first-order valence-corrected chi connectivity index (χ1v) is 8.03. The highest BCUT2D eigenvalue weighted by Crippen LogP contribution is 2.12. The topological polar surface area (TPSA) is 73.9 Å². The molecule has 0 aromatic heterocycles. The number of hydrogen-bond acceptors (Lipinski definition) is 5. The lowest BCUT2D eigenvalue weighted by molar-refractivity contribution is -0.0202. The Morgan fingerprint density at radius 1 is 1.12 bits per heavy atom. The Morgan fingerprint density at radius 2 is 1.80 bits per heavy atom. The average Bonchev–Trinajstić information content (AvgIpc) is 3.09. The minimum atomic E-state index is -0.636. The first kappa shape index (κ1) is 17.0. The van der Waals surface area contributed by atoms with Crippen LogP contribution in [0.25, 0.3) is 0 Å².